The second-order valence-electron chi connectivity index (χ2n) is 6.37. The summed E-state index contributed by atoms with van der Waals surface area (Å²) in [6.07, 6.45) is 1.75. The molecular weight excluding hydrogens is 420 g/mol. The van der Waals surface area contributed by atoms with E-state index in [1.807, 2.05) is 49.4 Å². The molecule has 0 aromatic heterocycles. The van der Waals surface area contributed by atoms with Crippen molar-refractivity contribution in [3.8, 4) is 5.75 Å². The highest BCUT2D eigenvalue weighted by molar-refractivity contribution is 8.26. The highest BCUT2D eigenvalue weighted by atomic mass is 32.2. The first-order chi connectivity index (χ1) is 14.5. The predicted octanol–water partition coefficient (Wildman–Crippen LogP) is 3.31. The van der Waals surface area contributed by atoms with E-state index in [4.69, 9.17) is 17.0 Å². The molecule has 1 aliphatic heterocycles. The number of thioether (sulfide) groups is 1. The van der Waals surface area contributed by atoms with Crippen LogP contribution < -0.4 is 9.64 Å². The molecule has 1 saturated heterocycles. The Morgan fingerprint density at radius 3 is 2.53 bits per heavy atom. The number of amides is 2. The van der Waals surface area contributed by atoms with Crippen molar-refractivity contribution in [1.29, 1.82) is 0 Å². The number of rotatable bonds is 8. The molecule has 0 spiro atoms. The summed E-state index contributed by atoms with van der Waals surface area (Å²) in [5.74, 6) is 0.149. The molecule has 156 valence electrons. The van der Waals surface area contributed by atoms with E-state index in [1.165, 1.54) is 21.6 Å². The number of carbonyl (C=O) groups excluding carboxylic acids is 2. The monoisotopic (exact) mass is 442 g/mol. The third-order valence-corrected chi connectivity index (χ3v) is 5.73. The molecular formula is C22H22N2O4S2. The molecule has 3 rings (SSSR count). The first kappa shape index (κ1) is 22.0. The number of ether oxygens (including phenoxy) is 1. The van der Waals surface area contributed by atoms with Crippen LogP contribution >= 0.6 is 24.0 Å². The van der Waals surface area contributed by atoms with E-state index in [2.05, 4.69) is 0 Å². The minimum Gasteiger partial charge on any atom is -0.494 e. The van der Waals surface area contributed by atoms with Crippen molar-refractivity contribution in [2.45, 2.75) is 6.92 Å². The van der Waals surface area contributed by atoms with Gasteiger partial charge >= 0.3 is 0 Å². The largest absolute Gasteiger partial charge is 0.494 e. The molecule has 0 saturated carbocycles. The van der Waals surface area contributed by atoms with Crippen LogP contribution in [0.3, 0.4) is 0 Å². The van der Waals surface area contributed by atoms with Crippen LogP contribution in [-0.2, 0) is 9.59 Å². The van der Waals surface area contributed by atoms with Gasteiger partial charge in [0.05, 0.1) is 18.1 Å². The third kappa shape index (κ3) is 5.27. The zero-order valence-electron chi connectivity index (χ0n) is 16.5. The van der Waals surface area contributed by atoms with Crippen molar-refractivity contribution >= 4 is 51.9 Å². The van der Waals surface area contributed by atoms with Gasteiger partial charge in [0, 0.05) is 12.2 Å². The van der Waals surface area contributed by atoms with Gasteiger partial charge in [-0.25, -0.2) is 0 Å². The molecule has 2 aromatic rings. The van der Waals surface area contributed by atoms with E-state index in [0.29, 0.717) is 21.5 Å². The summed E-state index contributed by atoms with van der Waals surface area (Å²) in [4.78, 5) is 28.9. The summed E-state index contributed by atoms with van der Waals surface area (Å²) in [5, 5.41) is 9.35. The molecule has 1 fully saturated rings. The van der Waals surface area contributed by atoms with Gasteiger partial charge in [0.15, 0.2) is 0 Å². The molecule has 1 heterocycles. The van der Waals surface area contributed by atoms with Crippen LogP contribution in [-0.4, -0.2) is 52.4 Å². The maximum Gasteiger partial charge on any atom is 0.266 e. The van der Waals surface area contributed by atoms with Crippen LogP contribution in [0.2, 0.25) is 0 Å². The molecule has 0 atom stereocenters. The van der Waals surface area contributed by atoms with Crippen LogP contribution in [0.25, 0.3) is 6.08 Å². The van der Waals surface area contributed by atoms with Gasteiger partial charge in [-0.1, -0.05) is 54.3 Å². The fourth-order valence-electron chi connectivity index (χ4n) is 2.94. The van der Waals surface area contributed by atoms with Crippen molar-refractivity contribution in [2.24, 2.45) is 0 Å². The highest BCUT2D eigenvalue weighted by Crippen LogP contribution is 2.33. The number of hydrogen-bond acceptors (Lipinski definition) is 6. The number of anilines is 1. The van der Waals surface area contributed by atoms with Crippen LogP contribution in [0.4, 0.5) is 5.69 Å². The predicted molar refractivity (Wildman–Crippen MR) is 123 cm³/mol. The molecule has 30 heavy (non-hydrogen) atoms. The first-order valence-electron chi connectivity index (χ1n) is 9.48. The Labute approximate surface area is 185 Å². The lowest BCUT2D eigenvalue weighted by Crippen LogP contribution is -2.43. The smallest absolute Gasteiger partial charge is 0.266 e. The molecule has 0 aliphatic carbocycles. The second-order valence-corrected chi connectivity index (χ2v) is 8.05. The van der Waals surface area contributed by atoms with Crippen molar-refractivity contribution in [3.05, 3.63) is 65.1 Å². The van der Waals surface area contributed by atoms with Gasteiger partial charge in [0.25, 0.3) is 5.91 Å². The lowest BCUT2D eigenvalue weighted by Gasteiger charge is -2.24. The van der Waals surface area contributed by atoms with Crippen LogP contribution in [0.5, 0.6) is 5.75 Å². The summed E-state index contributed by atoms with van der Waals surface area (Å²) in [5.41, 5.74) is 1.50. The average molecular weight is 443 g/mol. The van der Waals surface area contributed by atoms with Crippen molar-refractivity contribution in [2.75, 3.05) is 31.2 Å². The quantitative estimate of drug-likeness (QED) is 0.500. The number of carbonyl (C=O) groups is 2. The van der Waals surface area contributed by atoms with Crippen molar-refractivity contribution in [1.82, 2.24) is 4.90 Å². The zero-order chi connectivity index (χ0) is 21.5. The van der Waals surface area contributed by atoms with Gasteiger partial charge in [-0.3, -0.25) is 14.5 Å². The van der Waals surface area contributed by atoms with E-state index in [9.17, 15) is 14.7 Å². The molecule has 0 bridgehead atoms. The van der Waals surface area contributed by atoms with Gasteiger partial charge in [-0.2, -0.15) is 0 Å². The van der Waals surface area contributed by atoms with Crippen LogP contribution in [0, 0.1) is 0 Å². The molecule has 0 radical (unpaired) electrons. The molecule has 0 unspecified atom stereocenters. The van der Waals surface area contributed by atoms with Crippen molar-refractivity contribution < 1.29 is 19.4 Å². The lowest BCUT2D eigenvalue weighted by atomic mass is 10.2. The van der Waals surface area contributed by atoms with E-state index in [0.717, 1.165) is 11.3 Å². The Kier molecular flexibility index (Phi) is 7.62. The summed E-state index contributed by atoms with van der Waals surface area (Å²) in [7, 11) is 0. The van der Waals surface area contributed by atoms with Gasteiger partial charge in [-0.05, 0) is 42.8 Å². The molecule has 6 nitrogen and oxygen atoms in total. The number of aliphatic hydroxyl groups excluding tert-OH is 1. The Morgan fingerprint density at radius 2 is 1.90 bits per heavy atom. The topological polar surface area (TPSA) is 70.1 Å². The zero-order valence-corrected chi connectivity index (χ0v) is 18.1. The minimum atomic E-state index is -0.311. The van der Waals surface area contributed by atoms with E-state index >= 15 is 0 Å². The maximum atomic E-state index is 12.9. The molecule has 2 aromatic carbocycles. The van der Waals surface area contributed by atoms with Crippen LogP contribution in [0.15, 0.2) is 59.5 Å². The standard InChI is InChI=1S/C22H22N2O4S2/c1-2-28-18-10-8-16(9-11-18)14-19-21(27)24(22(29)30-19)15-20(26)23(12-13-25)17-6-4-3-5-7-17/h3-11,14,25H,2,12-13,15H2,1H3. The van der Waals surface area contributed by atoms with Crippen molar-refractivity contribution in [3.63, 3.8) is 0 Å². The normalized spacial score (nSPS) is 15.0. The molecule has 1 aliphatic rings. The van der Waals surface area contributed by atoms with E-state index in [-0.39, 0.29) is 31.5 Å². The fourth-order valence-corrected chi connectivity index (χ4v) is 4.20. The molecule has 2 amide bonds. The first-order valence-corrected chi connectivity index (χ1v) is 10.7. The maximum absolute atomic E-state index is 12.9. The number of thiocarbonyl (C=S) groups is 1. The number of para-hydroxylation sites is 1. The summed E-state index contributed by atoms with van der Waals surface area (Å²) < 4.78 is 5.76. The second kappa shape index (κ2) is 10.4. The fraction of sp³-hybridized carbons (Fsp3) is 0.227. The number of nitrogens with zero attached hydrogens (tertiary/aromatic N) is 2. The summed E-state index contributed by atoms with van der Waals surface area (Å²) in [6, 6.07) is 16.4. The summed E-state index contributed by atoms with van der Waals surface area (Å²) in [6.45, 7) is 2.28. The lowest BCUT2D eigenvalue weighted by molar-refractivity contribution is -0.127. The number of aliphatic hydroxyl groups is 1. The Hall–Kier alpha value is -2.68. The Morgan fingerprint density at radius 1 is 1.20 bits per heavy atom. The van der Waals surface area contributed by atoms with Gasteiger partial charge in [-0.15, -0.1) is 0 Å². The highest BCUT2D eigenvalue weighted by Gasteiger charge is 2.34. The average Bonchev–Trinajstić information content (AvgIpc) is 3.01. The van der Waals surface area contributed by atoms with Gasteiger partial charge in [0.2, 0.25) is 5.91 Å². The minimum absolute atomic E-state index is 0.139. The number of hydrogen-bond donors (Lipinski definition) is 1. The van der Waals surface area contributed by atoms with Gasteiger partial charge in [0.1, 0.15) is 16.6 Å². The number of benzene rings is 2. The van der Waals surface area contributed by atoms with E-state index < -0.39 is 0 Å². The third-order valence-electron chi connectivity index (χ3n) is 4.35. The summed E-state index contributed by atoms with van der Waals surface area (Å²) >= 11 is 6.51. The molecule has 8 heteroatoms. The van der Waals surface area contributed by atoms with Crippen LogP contribution in [0.1, 0.15) is 12.5 Å². The Balaban J connectivity index is 1.73. The van der Waals surface area contributed by atoms with Gasteiger partial charge < -0.3 is 14.7 Å². The van der Waals surface area contributed by atoms with E-state index in [1.54, 1.807) is 18.2 Å². The SMILES string of the molecule is CCOc1ccc(C=C2SC(=S)N(CC(=O)N(CCO)c3ccccc3)C2=O)cc1. The Bertz CT molecular complexity index is 945. The molecule has 1 N–H and O–H groups in total.